The number of rotatable bonds is 7. The van der Waals surface area contributed by atoms with Gasteiger partial charge in [-0.05, 0) is 25.2 Å². The Morgan fingerprint density at radius 2 is 2.05 bits per heavy atom. The molecule has 0 saturated carbocycles. The summed E-state index contributed by atoms with van der Waals surface area (Å²) in [6.45, 7) is 7.32. The number of carboxylic acid groups (broad SMARTS) is 1. The van der Waals surface area contributed by atoms with E-state index in [9.17, 15) is 9.18 Å². The number of carboxylic acids is 1. The van der Waals surface area contributed by atoms with Crippen LogP contribution in [-0.4, -0.2) is 42.2 Å². The number of likely N-dealkylation sites (N-methyl/N-ethyl adjacent to an activating group) is 1. The second-order valence-electron chi connectivity index (χ2n) is 4.14. The van der Waals surface area contributed by atoms with Gasteiger partial charge in [-0.1, -0.05) is 13.8 Å². The van der Waals surface area contributed by atoms with Gasteiger partial charge in [0.1, 0.15) is 11.4 Å². The Kier molecular flexibility index (Phi) is 5.57. The van der Waals surface area contributed by atoms with Crippen molar-refractivity contribution in [1.82, 2.24) is 4.90 Å². The number of nitrogens with zero attached hydrogens (tertiary/aromatic N) is 1. The normalized spacial score (nSPS) is 10.7. The predicted octanol–water partition coefficient (Wildman–Crippen LogP) is 1.86. The molecule has 1 aromatic carbocycles. The highest BCUT2D eigenvalue weighted by molar-refractivity contribution is 6.00. The molecule has 0 bridgehead atoms. The molecule has 0 unspecified atom stereocenters. The lowest BCUT2D eigenvalue weighted by atomic mass is 10.1. The van der Waals surface area contributed by atoms with Crippen LogP contribution < -0.4 is 11.1 Å². The van der Waals surface area contributed by atoms with Crippen molar-refractivity contribution in [3.63, 3.8) is 0 Å². The molecule has 0 radical (unpaired) electrons. The monoisotopic (exact) mass is 269 g/mol. The third-order valence-corrected chi connectivity index (χ3v) is 3.04. The molecule has 4 N–H and O–H groups in total. The summed E-state index contributed by atoms with van der Waals surface area (Å²) >= 11 is 0. The fraction of sp³-hybridized carbons (Fsp3) is 0.462. The Bertz CT molecular complexity index is 448. The maximum Gasteiger partial charge on any atom is 0.340 e. The van der Waals surface area contributed by atoms with E-state index >= 15 is 0 Å². The number of anilines is 2. The van der Waals surface area contributed by atoms with Gasteiger partial charge in [0, 0.05) is 13.1 Å². The van der Waals surface area contributed by atoms with Crippen molar-refractivity contribution >= 4 is 17.3 Å². The number of halogens is 1. The van der Waals surface area contributed by atoms with E-state index in [1.807, 2.05) is 0 Å². The molecular formula is C13H20FN3O2. The van der Waals surface area contributed by atoms with E-state index in [0.717, 1.165) is 19.6 Å². The second-order valence-corrected chi connectivity index (χ2v) is 4.14. The fourth-order valence-electron chi connectivity index (χ4n) is 1.86. The zero-order chi connectivity index (χ0) is 14.4. The van der Waals surface area contributed by atoms with E-state index in [-0.39, 0.29) is 11.3 Å². The van der Waals surface area contributed by atoms with E-state index in [0.29, 0.717) is 12.2 Å². The lowest BCUT2D eigenvalue weighted by Crippen LogP contribution is -2.29. The molecule has 0 spiro atoms. The zero-order valence-electron chi connectivity index (χ0n) is 11.2. The average molecular weight is 269 g/mol. The quantitative estimate of drug-likeness (QED) is 0.658. The molecule has 0 aliphatic carbocycles. The smallest absolute Gasteiger partial charge is 0.340 e. The minimum Gasteiger partial charge on any atom is -0.478 e. The van der Waals surface area contributed by atoms with Crippen molar-refractivity contribution in [2.24, 2.45) is 0 Å². The van der Waals surface area contributed by atoms with E-state index in [1.54, 1.807) is 0 Å². The first-order valence-corrected chi connectivity index (χ1v) is 6.28. The number of aromatic carboxylic acids is 1. The molecule has 106 valence electrons. The highest BCUT2D eigenvalue weighted by atomic mass is 19.1. The number of nitrogens with two attached hydrogens (primary N) is 1. The number of hydrogen-bond acceptors (Lipinski definition) is 4. The summed E-state index contributed by atoms with van der Waals surface area (Å²) in [5.74, 6) is -1.95. The third kappa shape index (κ3) is 3.82. The lowest BCUT2D eigenvalue weighted by molar-refractivity contribution is 0.0698. The topological polar surface area (TPSA) is 78.6 Å². The summed E-state index contributed by atoms with van der Waals surface area (Å²) < 4.78 is 13.3. The van der Waals surface area contributed by atoms with Gasteiger partial charge in [-0.2, -0.15) is 0 Å². The fourth-order valence-corrected chi connectivity index (χ4v) is 1.86. The molecule has 0 heterocycles. The van der Waals surface area contributed by atoms with Gasteiger partial charge in [0.25, 0.3) is 0 Å². The Labute approximate surface area is 112 Å². The Morgan fingerprint density at radius 3 is 2.58 bits per heavy atom. The van der Waals surface area contributed by atoms with E-state index in [4.69, 9.17) is 10.8 Å². The van der Waals surface area contributed by atoms with Gasteiger partial charge in [-0.3, -0.25) is 0 Å². The van der Waals surface area contributed by atoms with Crippen molar-refractivity contribution in [3.8, 4) is 0 Å². The maximum absolute atomic E-state index is 13.3. The van der Waals surface area contributed by atoms with Crippen LogP contribution in [-0.2, 0) is 0 Å². The number of hydrogen-bond donors (Lipinski definition) is 3. The molecule has 0 amide bonds. The van der Waals surface area contributed by atoms with Crippen molar-refractivity contribution < 1.29 is 14.3 Å². The van der Waals surface area contributed by atoms with Crippen molar-refractivity contribution in [1.29, 1.82) is 0 Å². The largest absolute Gasteiger partial charge is 0.478 e. The van der Waals surface area contributed by atoms with Crippen LogP contribution in [0.3, 0.4) is 0 Å². The van der Waals surface area contributed by atoms with Crippen LogP contribution in [0.1, 0.15) is 24.2 Å². The number of nitrogen functional groups attached to an aromatic ring is 1. The van der Waals surface area contributed by atoms with Crippen LogP contribution in [0.2, 0.25) is 0 Å². The van der Waals surface area contributed by atoms with E-state index in [2.05, 4.69) is 24.1 Å². The van der Waals surface area contributed by atoms with Crippen molar-refractivity contribution in [3.05, 3.63) is 23.5 Å². The number of benzene rings is 1. The Hall–Kier alpha value is -1.82. The summed E-state index contributed by atoms with van der Waals surface area (Å²) in [6.07, 6.45) is 0. The number of carbonyl (C=O) groups is 1. The molecule has 6 heteroatoms. The van der Waals surface area contributed by atoms with Crippen LogP contribution in [0, 0.1) is 5.82 Å². The minimum absolute atomic E-state index is 0.209. The van der Waals surface area contributed by atoms with Gasteiger partial charge >= 0.3 is 5.97 Å². The highest BCUT2D eigenvalue weighted by Crippen LogP contribution is 2.24. The van der Waals surface area contributed by atoms with Crippen molar-refractivity contribution in [2.45, 2.75) is 13.8 Å². The van der Waals surface area contributed by atoms with Gasteiger partial charge in [0.05, 0.1) is 11.4 Å². The van der Waals surface area contributed by atoms with Crippen LogP contribution >= 0.6 is 0 Å². The van der Waals surface area contributed by atoms with E-state index in [1.165, 1.54) is 12.1 Å². The summed E-state index contributed by atoms with van der Waals surface area (Å²) in [4.78, 5) is 13.3. The Morgan fingerprint density at radius 1 is 1.42 bits per heavy atom. The van der Waals surface area contributed by atoms with Crippen LogP contribution in [0.4, 0.5) is 15.8 Å². The second kappa shape index (κ2) is 6.94. The molecule has 0 atom stereocenters. The molecule has 0 aliphatic heterocycles. The zero-order valence-corrected chi connectivity index (χ0v) is 11.2. The Balaban J connectivity index is 2.79. The molecular weight excluding hydrogens is 249 g/mol. The molecule has 19 heavy (non-hydrogen) atoms. The molecule has 1 aromatic rings. The van der Waals surface area contributed by atoms with Gasteiger partial charge < -0.3 is 21.1 Å². The first-order chi connectivity index (χ1) is 9.01. The van der Waals surface area contributed by atoms with Gasteiger partial charge in [-0.25, -0.2) is 9.18 Å². The van der Waals surface area contributed by atoms with Gasteiger partial charge in [0.15, 0.2) is 0 Å². The number of nitrogens with one attached hydrogen (secondary N) is 1. The summed E-state index contributed by atoms with van der Waals surface area (Å²) in [7, 11) is 0. The SMILES string of the molecule is CCN(CC)CCNc1ccc(F)c(N)c1C(=O)O. The van der Waals surface area contributed by atoms with Gasteiger partial charge in [-0.15, -0.1) is 0 Å². The summed E-state index contributed by atoms with van der Waals surface area (Å²) in [5.41, 5.74) is 5.27. The molecule has 5 nitrogen and oxygen atoms in total. The minimum atomic E-state index is -1.23. The molecule has 1 rings (SSSR count). The predicted molar refractivity (Wildman–Crippen MR) is 74.0 cm³/mol. The van der Waals surface area contributed by atoms with Crippen molar-refractivity contribution in [2.75, 3.05) is 37.2 Å². The lowest BCUT2D eigenvalue weighted by Gasteiger charge is -2.19. The first kappa shape index (κ1) is 15.2. The van der Waals surface area contributed by atoms with Gasteiger partial charge in [0.2, 0.25) is 0 Å². The summed E-state index contributed by atoms with van der Waals surface area (Å²) in [5, 5.41) is 12.1. The van der Waals surface area contributed by atoms with Crippen LogP contribution in [0.25, 0.3) is 0 Å². The standard InChI is InChI=1S/C13H20FN3O2/c1-3-17(4-2)8-7-16-10-6-5-9(14)12(15)11(10)13(18)19/h5-6,16H,3-4,7-8,15H2,1-2H3,(H,18,19). The third-order valence-electron chi connectivity index (χ3n) is 3.04. The summed E-state index contributed by atoms with van der Waals surface area (Å²) in [6, 6.07) is 2.57. The maximum atomic E-state index is 13.3. The molecule has 0 fully saturated rings. The molecule has 0 saturated heterocycles. The molecule has 0 aromatic heterocycles. The van der Waals surface area contributed by atoms with Crippen LogP contribution in [0.5, 0.6) is 0 Å². The average Bonchev–Trinajstić information content (AvgIpc) is 2.38. The van der Waals surface area contributed by atoms with Crippen LogP contribution in [0.15, 0.2) is 12.1 Å². The first-order valence-electron chi connectivity index (χ1n) is 6.28. The highest BCUT2D eigenvalue weighted by Gasteiger charge is 2.17. The van der Waals surface area contributed by atoms with E-state index < -0.39 is 11.8 Å². The molecule has 0 aliphatic rings.